The van der Waals surface area contributed by atoms with Gasteiger partial charge in [-0.3, -0.25) is 4.79 Å². The molecule has 2 atom stereocenters. The zero-order valence-corrected chi connectivity index (χ0v) is 21.1. The fraction of sp³-hybridized carbons (Fsp3) is 0.621. The maximum absolute atomic E-state index is 14.3. The van der Waals surface area contributed by atoms with Gasteiger partial charge in [0, 0.05) is 0 Å². The highest BCUT2D eigenvalue weighted by atomic mass is 19.4. The van der Waals surface area contributed by atoms with Gasteiger partial charge in [0.1, 0.15) is 11.3 Å². The third-order valence-corrected chi connectivity index (χ3v) is 8.84. The molecule has 3 nitrogen and oxygen atoms in total. The number of carboxylic acids is 1. The molecule has 1 N–H and O–H groups in total. The van der Waals surface area contributed by atoms with Crippen LogP contribution in [0.15, 0.2) is 30.3 Å². The van der Waals surface area contributed by atoms with Crippen LogP contribution in [-0.2, 0) is 17.4 Å². The summed E-state index contributed by atoms with van der Waals surface area (Å²) >= 11 is 0. The molecule has 4 rings (SSSR count). The Morgan fingerprint density at radius 1 is 1.11 bits per heavy atom. The summed E-state index contributed by atoms with van der Waals surface area (Å²) in [6, 6.07) is 8.49. The third-order valence-electron chi connectivity index (χ3n) is 8.84. The minimum absolute atomic E-state index is 0.0698. The van der Waals surface area contributed by atoms with Crippen molar-refractivity contribution in [1.29, 1.82) is 0 Å². The summed E-state index contributed by atoms with van der Waals surface area (Å²) in [5.41, 5.74) is -0.139. The smallest absolute Gasteiger partial charge is 0.420 e. The Labute approximate surface area is 206 Å². The van der Waals surface area contributed by atoms with Crippen molar-refractivity contribution in [2.45, 2.75) is 84.9 Å². The Hall–Kier alpha value is -2.24. The topological polar surface area (TPSA) is 46.5 Å². The number of benzene rings is 2. The summed E-state index contributed by atoms with van der Waals surface area (Å²) in [6.45, 7) is 8.34. The Morgan fingerprint density at radius 2 is 1.77 bits per heavy atom. The van der Waals surface area contributed by atoms with E-state index in [2.05, 4.69) is 13.8 Å². The van der Waals surface area contributed by atoms with Gasteiger partial charge < -0.3 is 9.84 Å². The number of hydrogen-bond acceptors (Lipinski definition) is 2. The van der Waals surface area contributed by atoms with E-state index in [0.29, 0.717) is 30.1 Å². The number of halogens is 3. The number of ether oxygens (including phenoxy) is 1. The molecule has 0 radical (unpaired) electrons. The van der Waals surface area contributed by atoms with Gasteiger partial charge in [-0.1, -0.05) is 52.0 Å². The van der Waals surface area contributed by atoms with Crippen LogP contribution in [0.3, 0.4) is 0 Å². The Morgan fingerprint density at radius 3 is 2.34 bits per heavy atom. The van der Waals surface area contributed by atoms with Gasteiger partial charge in [0.05, 0.1) is 12.0 Å². The van der Waals surface area contributed by atoms with Gasteiger partial charge in [-0.05, 0) is 90.5 Å². The lowest BCUT2D eigenvalue weighted by Crippen LogP contribution is -2.48. The first kappa shape index (κ1) is 25.8. The van der Waals surface area contributed by atoms with Crippen LogP contribution in [0.4, 0.5) is 13.2 Å². The van der Waals surface area contributed by atoms with E-state index in [4.69, 9.17) is 4.74 Å². The highest BCUT2D eigenvalue weighted by molar-refractivity contribution is 5.89. The molecule has 0 heterocycles. The van der Waals surface area contributed by atoms with Crippen molar-refractivity contribution in [1.82, 2.24) is 0 Å². The predicted octanol–water partition coefficient (Wildman–Crippen LogP) is 8.13. The molecule has 2 unspecified atom stereocenters. The minimum Gasteiger partial charge on any atom is -0.490 e. The van der Waals surface area contributed by atoms with E-state index >= 15 is 0 Å². The average molecular weight is 491 g/mol. The second kappa shape index (κ2) is 9.67. The van der Waals surface area contributed by atoms with Crippen LogP contribution in [0.5, 0.6) is 5.75 Å². The van der Waals surface area contributed by atoms with Crippen LogP contribution >= 0.6 is 0 Å². The molecule has 0 amide bonds. The molecule has 6 heteroatoms. The first-order chi connectivity index (χ1) is 16.4. The summed E-state index contributed by atoms with van der Waals surface area (Å²) in [5.74, 6) is 0.258. The zero-order chi connectivity index (χ0) is 25.5. The van der Waals surface area contributed by atoms with Crippen molar-refractivity contribution in [3.63, 3.8) is 0 Å². The quantitative estimate of drug-likeness (QED) is 0.426. The highest BCUT2D eigenvalue weighted by Gasteiger charge is 2.51. The molecule has 0 aliphatic heterocycles. The maximum Gasteiger partial charge on any atom is 0.420 e. The van der Waals surface area contributed by atoms with E-state index in [9.17, 15) is 23.1 Å². The molecule has 2 aromatic rings. The first-order valence-corrected chi connectivity index (χ1v) is 12.9. The normalized spacial score (nSPS) is 26.5. The Balaban J connectivity index is 1.54. The Kier molecular flexibility index (Phi) is 7.14. The van der Waals surface area contributed by atoms with E-state index in [0.717, 1.165) is 37.7 Å². The summed E-state index contributed by atoms with van der Waals surface area (Å²) in [7, 11) is 0. The van der Waals surface area contributed by atoms with Gasteiger partial charge >= 0.3 is 12.1 Å². The van der Waals surface area contributed by atoms with Crippen LogP contribution in [-0.4, -0.2) is 17.2 Å². The molecule has 0 saturated heterocycles. The maximum atomic E-state index is 14.3. The molecule has 2 fully saturated rings. The van der Waals surface area contributed by atoms with Gasteiger partial charge in [0.25, 0.3) is 0 Å². The SMILES string of the molecule is CC(C)C1CCC(Oc2ccc3ccc(CCC4CC(C(=O)O)C4(C)C)cc3c2C(F)(F)F)CC1. The molecular formula is C29H37F3O3. The first-order valence-electron chi connectivity index (χ1n) is 12.9. The fourth-order valence-corrected chi connectivity index (χ4v) is 6.21. The summed E-state index contributed by atoms with van der Waals surface area (Å²) in [4.78, 5) is 11.4. The molecule has 2 saturated carbocycles. The van der Waals surface area contributed by atoms with E-state index in [1.54, 1.807) is 18.2 Å². The van der Waals surface area contributed by atoms with Gasteiger partial charge in [-0.2, -0.15) is 13.2 Å². The van der Waals surface area contributed by atoms with Gasteiger partial charge in [0.2, 0.25) is 0 Å². The second-order valence-electron chi connectivity index (χ2n) is 11.6. The van der Waals surface area contributed by atoms with E-state index < -0.39 is 17.7 Å². The highest BCUT2D eigenvalue weighted by Crippen LogP contribution is 2.53. The van der Waals surface area contributed by atoms with Crippen molar-refractivity contribution in [3.8, 4) is 5.75 Å². The number of fused-ring (bicyclic) bond motifs is 1. The van der Waals surface area contributed by atoms with Crippen molar-refractivity contribution < 1.29 is 27.8 Å². The predicted molar refractivity (Wildman–Crippen MR) is 131 cm³/mol. The summed E-state index contributed by atoms with van der Waals surface area (Å²) < 4.78 is 48.9. The van der Waals surface area contributed by atoms with Crippen LogP contribution in [0.2, 0.25) is 0 Å². The number of aryl methyl sites for hydroxylation is 1. The van der Waals surface area contributed by atoms with Gasteiger partial charge in [-0.25, -0.2) is 0 Å². The zero-order valence-electron chi connectivity index (χ0n) is 21.1. The van der Waals surface area contributed by atoms with Crippen LogP contribution in [0, 0.1) is 29.1 Å². The van der Waals surface area contributed by atoms with Gasteiger partial charge in [-0.15, -0.1) is 0 Å². The molecule has 192 valence electrons. The van der Waals surface area contributed by atoms with Crippen LogP contribution < -0.4 is 4.74 Å². The summed E-state index contributed by atoms with van der Waals surface area (Å²) in [5, 5.41) is 10.1. The Bertz CT molecular complexity index is 1060. The molecule has 2 aliphatic rings. The molecule has 0 spiro atoms. The second-order valence-corrected chi connectivity index (χ2v) is 11.6. The average Bonchev–Trinajstić information content (AvgIpc) is 2.77. The third kappa shape index (κ3) is 5.31. The molecule has 0 aromatic heterocycles. The molecular weight excluding hydrogens is 453 g/mol. The van der Waals surface area contributed by atoms with E-state index in [-0.39, 0.29) is 34.5 Å². The van der Waals surface area contributed by atoms with Crippen LogP contribution in [0.1, 0.15) is 77.3 Å². The van der Waals surface area contributed by atoms with E-state index in [1.165, 1.54) is 6.07 Å². The van der Waals surface area contributed by atoms with Crippen molar-refractivity contribution in [2.75, 3.05) is 0 Å². The minimum atomic E-state index is -4.52. The van der Waals surface area contributed by atoms with Gasteiger partial charge in [0.15, 0.2) is 0 Å². The fourth-order valence-electron chi connectivity index (χ4n) is 6.21. The molecule has 2 aromatic carbocycles. The lowest BCUT2D eigenvalue weighted by molar-refractivity contribution is -0.159. The van der Waals surface area contributed by atoms with Crippen LogP contribution in [0.25, 0.3) is 10.8 Å². The monoisotopic (exact) mass is 490 g/mol. The summed E-state index contributed by atoms with van der Waals surface area (Å²) in [6.07, 6.45) is 0.850. The molecule has 0 bridgehead atoms. The number of alkyl halides is 3. The standard InChI is InChI=1S/C29H37F3O3/c1-17(2)19-8-12-22(13-9-19)35-25-14-10-20-7-5-18(15-23(20)26(25)29(30,31)32)6-11-21-16-24(27(33)34)28(21,3)4/h5,7,10,14-15,17,19,21-22,24H,6,8-9,11-13,16H2,1-4H3,(H,33,34). The number of carboxylic acid groups (broad SMARTS) is 1. The van der Waals surface area contributed by atoms with Crippen molar-refractivity contribution in [3.05, 3.63) is 41.5 Å². The molecule has 2 aliphatic carbocycles. The lowest BCUT2D eigenvalue weighted by Gasteiger charge is -2.50. The van der Waals surface area contributed by atoms with Crippen molar-refractivity contribution >= 4 is 16.7 Å². The van der Waals surface area contributed by atoms with Crippen molar-refractivity contribution in [2.24, 2.45) is 29.1 Å². The molecule has 35 heavy (non-hydrogen) atoms. The largest absolute Gasteiger partial charge is 0.490 e. The number of rotatable bonds is 7. The van der Waals surface area contributed by atoms with E-state index in [1.807, 2.05) is 19.9 Å². The number of carbonyl (C=O) groups is 1. The lowest BCUT2D eigenvalue weighted by atomic mass is 9.53. The number of aliphatic carboxylic acids is 1. The number of hydrogen-bond donors (Lipinski definition) is 1.